The van der Waals surface area contributed by atoms with E-state index in [0.29, 0.717) is 5.76 Å². The maximum absolute atomic E-state index is 10.6. The third kappa shape index (κ3) is 2.49. The van der Waals surface area contributed by atoms with Gasteiger partial charge >= 0.3 is 6.03 Å². The van der Waals surface area contributed by atoms with E-state index < -0.39 is 0 Å². The van der Waals surface area contributed by atoms with E-state index in [9.17, 15) is 4.79 Å². The first-order valence-electron chi connectivity index (χ1n) is 3.51. The number of hydrogen-bond donors (Lipinski definition) is 2. The lowest BCUT2D eigenvalue weighted by Gasteiger charge is -1.94. The van der Waals surface area contributed by atoms with E-state index in [2.05, 4.69) is 10.6 Å². The van der Waals surface area contributed by atoms with Crippen LogP contribution in [0.15, 0.2) is 29.0 Å². The molecular formula is C8H10N2O2. The smallest absolute Gasteiger partial charge is 0.318 e. The van der Waals surface area contributed by atoms with Gasteiger partial charge < -0.3 is 15.1 Å². The number of amides is 2. The summed E-state index contributed by atoms with van der Waals surface area (Å²) in [5.41, 5.74) is 0. The topological polar surface area (TPSA) is 54.3 Å². The summed E-state index contributed by atoms with van der Waals surface area (Å²) in [5.74, 6) is 0.700. The second kappa shape index (κ2) is 4.23. The molecule has 0 aliphatic heterocycles. The zero-order chi connectivity index (χ0) is 8.81. The van der Waals surface area contributed by atoms with Crippen LogP contribution in [-0.4, -0.2) is 13.1 Å². The van der Waals surface area contributed by atoms with Crippen molar-refractivity contribution in [2.45, 2.75) is 0 Å². The zero-order valence-corrected chi connectivity index (χ0v) is 6.70. The van der Waals surface area contributed by atoms with Crippen LogP contribution in [0.2, 0.25) is 0 Å². The first-order chi connectivity index (χ1) is 5.83. The predicted molar refractivity (Wildman–Crippen MR) is 45.3 cm³/mol. The first-order valence-corrected chi connectivity index (χ1v) is 3.51. The van der Waals surface area contributed by atoms with E-state index in [1.54, 1.807) is 31.5 Å². The molecule has 2 N–H and O–H groups in total. The number of nitrogens with one attached hydrogen (secondary N) is 2. The molecule has 1 aromatic rings. The van der Waals surface area contributed by atoms with E-state index in [1.165, 1.54) is 6.20 Å². The van der Waals surface area contributed by atoms with Crippen molar-refractivity contribution in [1.82, 2.24) is 10.6 Å². The van der Waals surface area contributed by atoms with Gasteiger partial charge in [0.1, 0.15) is 5.76 Å². The van der Waals surface area contributed by atoms with Gasteiger partial charge in [-0.2, -0.15) is 0 Å². The molecule has 1 rings (SSSR count). The van der Waals surface area contributed by atoms with Crippen LogP contribution >= 0.6 is 0 Å². The molecule has 64 valence electrons. The lowest BCUT2D eigenvalue weighted by atomic mass is 10.4. The minimum atomic E-state index is -0.252. The minimum Gasteiger partial charge on any atom is -0.465 e. The number of hydrogen-bond acceptors (Lipinski definition) is 2. The molecule has 4 nitrogen and oxygen atoms in total. The van der Waals surface area contributed by atoms with Crippen LogP contribution in [0.4, 0.5) is 4.79 Å². The Kier molecular flexibility index (Phi) is 2.95. The van der Waals surface area contributed by atoms with Crippen molar-refractivity contribution in [3.63, 3.8) is 0 Å². The third-order valence-electron chi connectivity index (χ3n) is 1.23. The van der Waals surface area contributed by atoms with Gasteiger partial charge in [0.25, 0.3) is 0 Å². The molecule has 0 atom stereocenters. The third-order valence-corrected chi connectivity index (χ3v) is 1.23. The van der Waals surface area contributed by atoms with Crippen molar-refractivity contribution in [1.29, 1.82) is 0 Å². The molecule has 0 saturated carbocycles. The monoisotopic (exact) mass is 166 g/mol. The fourth-order valence-electron chi connectivity index (χ4n) is 0.658. The van der Waals surface area contributed by atoms with Crippen molar-refractivity contribution in [2.24, 2.45) is 0 Å². The van der Waals surface area contributed by atoms with Crippen LogP contribution < -0.4 is 10.6 Å². The molecular weight excluding hydrogens is 156 g/mol. The highest BCUT2D eigenvalue weighted by Crippen LogP contribution is 2.00. The largest absolute Gasteiger partial charge is 0.465 e. The fourth-order valence-corrected chi connectivity index (χ4v) is 0.658. The van der Waals surface area contributed by atoms with Gasteiger partial charge in [0.05, 0.1) is 6.26 Å². The molecule has 0 unspecified atom stereocenters. The van der Waals surface area contributed by atoms with Crippen molar-refractivity contribution >= 4 is 12.1 Å². The van der Waals surface area contributed by atoms with Gasteiger partial charge in [0.2, 0.25) is 0 Å². The van der Waals surface area contributed by atoms with E-state index in [1.807, 2.05) is 0 Å². The average molecular weight is 166 g/mol. The van der Waals surface area contributed by atoms with Crippen LogP contribution in [-0.2, 0) is 0 Å². The van der Waals surface area contributed by atoms with E-state index in [-0.39, 0.29) is 6.03 Å². The average Bonchev–Trinajstić information content (AvgIpc) is 2.57. The van der Waals surface area contributed by atoms with Crippen LogP contribution in [0.1, 0.15) is 5.76 Å². The minimum absolute atomic E-state index is 0.252. The maximum atomic E-state index is 10.6. The number of rotatable bonds is 2. The molecule has 1 heterocycles. The normalized spacial score (nSPS) is 10.1. The van der Waals surface area contributed by atoms with Crippen LogP contribution in [0.5, 0.6) is 0 Å². The van der Waals surface area contributed by atoms with Gasteiger partial charge in [-0.3, -0.25) is 0 Å². The summed E-state index contributed by atoms with van der Waals surface area (Å²) >= 11 is 0. The molecule has 2 amide bonds. The van der Waals surface area contributed by atoms with Gasteiger partial charge in [0, 0.05) is 13.2 Å². The first kappa shape index (κ1) is 8.39. The van der Waals surface area contributed by atoms with Crippen molar-refractivity contribution < 1.29 is 9.21 Å². The quantitative estimate of drug-likeness (QED) is 0.693. The Balaban J connectivity index is 2.37. The zero-order valence-electron chi connectivity index (χ0n) is 6.70. The number of carbonyl (C=O) groups excluding carboxylic acids is 1. The number of furan rings is 1. The highest BCUT2D eigenvalue weighted by Gasteiger charge is 1.89. The van der Waals surface area contributed by atoms with E-state index in [0.717, 1.165) is 0 Å². The Bertz CT molecular complexity index is 265. The highest BCUT2D eigenvalue weighted by molar-refractivity contribution is 5.75. The summed E-state index contributed by atoms with van der Waals surface area (Å²) in [5, 5.41) is 4.89. The molecule has 1 aromatic heterocycles. The van der Waals surface area contributed by atoms with Gasteiger partial charge in [-0.15, -0.1) is 0 Å². The van der Waals surface area contributed by atoms with Crippen LogP contribution in [0, 0.1) is 0 Å². The van der Waals surface area contributed by atoms with Crippen molar-refractivity contribution in [3.8, 4) is 0 Å². The Labute approximate surface area is 70.3 Å². The summed E-state index contributed by atoms with van der Waals surface area (Å²) in [4.78, 5) is 10.6. The number of carbonyl (C=O) groups is 1. The summed E-state index contributed by atoms with van der Waals surface area (Å²) < 4.78 is 4.99. The standard InChI is InChI=1S/C8H10N2O2/c1-9-8(11)10-5-4-7-3-2-6-12-7/h2-6H,1H3,(H2,9,10,11). The van der Waals surface area contributed by atoms with Crippen LogP contribution in [0.25, 0.3) is 6.08 Å². The van der Waals surface area contributed by atoms with Gasteiger partial charge in [-0.05, 0) is 18.2 Å². The predicted octanol–water partition coefficient (Wildman–Crippen LogP) is 1.18. The molecule has 0 spiro atoms. The molecule has 0 radical (unpaired) electrons. The maximum Gasteiger partial charge on any atom is 0.318 e. The van der Waals surface area contributed by atoms with Gasteiger partial charge in [-0.1, -0.05) is 0 Å². The van der Waals surface area contributed by atoms with Gasteiger partial charge in [0.15, 0.2) is 0 Å². The summed E-state index contributed by atoms with van der Waals surface area (Å²) in [7, 11) is 1.55. The summed E-state index contributed by atoms with van der Waals surface area (Å²) in [6.45, 7) is 0. The Hall–Kier alpha value is -1.71. The molecule has 0 saturated heterocycles. The van der Waals surface area contributed by atoms with Gasteiger partial charge in [-0.25, -0.2) is 4.79 Å². The molecule has 0 fully saturated rings. The second-order valence-corrected chi connectivity index (χ2v) is 2.07. The number of urea groups is 1. The lowest BCUT2D eigenvalue weighted by molar-refractivity contribution is 0.246. The van der Waals surface area contributed by atoms with E-state index in [4.69, 9.17) is 4.42 Å². The summed E-state index contributed by atoms with van der Waals surface area (Å²) in [6.07, 6.45) is 4.74. The second-order valence-electron chi connectivity index (χ2n) is 2.07. The molecule has 0 aromatic carbocycles. The van der Waals surface area contributed by atoms with Crippen LogP contribution in [0.3, 0.4) is 0 Å². The molecule has 4 heteroatoms. The molecule has 12 heavy (non-hydrogen) atoms. The molecule has 0 bridgehead atoms. The summed E-state index contributed by atoms with van der Waals surface area (Å²) in [6, 6.07) is 3.32. The Morgan fingerprint density at radius 1 is 1.67 bits per heavy atom. The van der Waals surface area contributed by atoms with Crippen molar-refractivity contribution in [3.05, 3.63) is 30.4 Å². The highest BCUT2D eigenvalue weighted by atomic mass is 16.3. The Morgan fingerprint density at radius 2 is 2.50 bits per heavy atom. The lowest BCUT2D eigenvalue weighted by Crippen LogP contribution is -2.28. The Morgan fingerprint density at radius 3 is 3.08 bits per heavy atom. The van der Waals surface area contributed by atoms with E-state index >= 15 is 0 Å². The SMILES string of the molecule is CNC(=O)NC=Cc1ccco1. The fraction of sp³-hybridized carbons (Fsp3) is 0.125. The molecule has 0 aliphatic rings. The molecule has 0 aliphatic carbocycles. The van der Waals surface area contributed by atoms with Crippen molar-refractivity contribution in [2.75, 3.05) is 7.05 Å².